The van der Waals surface area contributed by atoms with Crippen LogP contribution in [0.1, 0.15) is 17.2 Å². The number of anilines is 1. The molecular formula is C19H25N3O2S. The number of hydrogen-bond donors (Lipinski definition) is 2. The summed E-state index contributed by atoms with van der Waals surface area (Å²) in [6.45, 7) is 2.26. The minimum atomic E-state index is 0.274. The van der Waals surface area contributed by atoms with Gasteiger partial charge in [-0.2, -0.15) is 4.47 Å². The van der Waals surface area contributed by atoms with Crippen molar-refractivity contribution in [3.05, 3.63) is 54.1 Å². The number of thiol groups is 1. The minimum Gasteiger partial charge on any atom is -0.493 e. The second kappa shape index (κ2) is 8.87. The topological polar surface area (TPSA) is 46.1 Å². The lowest BCUT2D eigenvalue weighted by atomic mass is 10.0. The van der Waals surface area contributed by atoms with E-state index in [2.05, 4.69) is 14.8 Å². The van der Waals surface area contributed by atoms with Crippen LogP contribution in [-0.2, 0) is 11.6 Å². The largest absolute Gasteiger partial charge is 0.493 e. The first-order valence-corrected chi connectivity index (χ1v) is 9.40. The number of fused-ring (bicyclic) bond motifs is 1. The van der Waals surface area contributed by atoms with E-state index >= 15 is 0 Å². The summed E-state index contributed by atoms with van der Waals surface area (Å²) >= 11 is 0.973. The maximum Gasteiger partial charge on any atom is 0.127 e. The van der Waals surface area contributed by atoms with Crippen molar-refractivity contribution in [3.8, 4) is 11.5 Å². The molecule has 1 N–H and O–H groups in total. The first-order valence-electron chi connectivity index (χ1n) is 8.48. The van der Waals surface area contributed by atoms with Crippen LogP contribution in [0, 0.1) is 0 Å². The lowest BCUT2D eigenvalue weighted by molar-refractivity contribution is 0.247. The summed E-state index contributed by atoms with van der Waals surface area (Å²) in [5, 5.41) is 0.274. The Kier molecular flexibility index (Phi) is 6.30. The Morgan fingerprint density at radius 1 is 1.20 bits per heavy atom. The highest BCUT2D eigenvalue weighted by Gasteiger charge is 2.24. The summed E-state index contributed by atoms with van der Waals surface area (Å²) in [5.41, 5.74) is 5.25. The van der Waals surface area contributed by atoms with E-state index in [1.54, 1.807) is 0 Å². The summed E-state index contributed by atoms with van der Waals surface area (Å²) in [4.78, 5) is 2.11. The molecule has 25 heavy (non-hydrogen) atoms. The van der Waals surface area contributed by atoms with Gasteiger partial charge in [-0.05, 0) is 44.8 Å². The molecule has 0 saturated heterocycles. The number of nitrogens with zero attached hydrogens (tertiary/aromatic N) is 2. The third-order valence-corrected chi connectivity index (χ3v) is 4.96. The van der Waals surface area contributed by atoms with Crippen molar-refractivity contribution in [3.63, 3.8) is 0 Å². The Labute approximate surface area is 153 Å². The molecule has 0 fully saturated rings. The van der Waals surface area contributed by atoms with Crippen LogP contribution in [-0.4, -0.2) is 38.8 Å². The van der Waals surface area contributed by atoms with E-state index in [4.69, 9.17) is 9.47 Å². The molecule has 5 nitrogen and oxygen atoms in total. The quantitative estimate of drug-likeness (QED) is 0.587. The molecule has 0 bridgehead atoms. The zero-order valence-corrected chi connectivity index (χ0v) is 15.6. The molecule has 1 aliphatic rings. The van der Waals surface area contributed by atoms with Gasteiger partial charge in [-0.1, -0.05) is 35.8 Å². The molecule has 1 atom stereocenters. The first kappa shape index (κ1) is 17.8. The molecule has 1 heterocycles. The fraction of sp³-hybridized carbons (Fsp3) is 0.368. The van der Waals surface area contributed by atoms with Gasteiger partial charge in [0, 0.05) is 6.54 Å². The zero-order chi connectivity index (χ0) is 17.5. The molecule has 134 valence electrons. The van der Waals surface area contributed by atoms with Crippen molar-refractivity contribution in [1.82, 2.24) is 4.90 Å². The number of hydrogen-bond acceptors (Lipinski definition) is 4. The molecule has 2 aromatic rings. The zero-order valence-electron chi connectivity index (χ0n) is 14.7. The van der Waals surface area contributed by atoms with Crippen molar-refractivity contribution >= 4 is 17.2 Å². The maximum atomic E-state index is 6.02. The van der Waals surface area contributed by atoms with Crippen LogP contribution in [0.4, 0.5) is 5.69 Å². The number of benzene rings is 2. The Balaban J connectivity index is 1.73. The van der Waals surface area contributed by atoms with Crippen LogP contribution in [0.2, 0.25) is 0 Å². The Bertz CT molecular complexity index is 707. The molecule has 0 aliphatic carbocycles. The predicted molar refractivity (Wildman–Crippen MR) is 105 cm³/mol. The fourth-order valence-electron chi connectivity index (χ4n) is 2.65. The summed E-state index contributed by atoms with van der Waals surface area (Å²) in [5.74, 6) is 1.83. The Hall–Kier alpha value is -2.05. The SMILES string of the molecule is CN(C)CCOc1cccc2c1C(/[SH]=N/Nc1ccccc1)CCO2. The second-order valence-electron chi connectivity index (χ2n) is 6.17. The average molecular weight is 359 g/mol. The lowest BCUT2D eigenvalue weighted by Gasteiger charge is -2.26. The van der Waals surface area contributed by atoms with E-state index in [9.17, 15) is 0 Å². The summed E-state index contributed by atoms with van der Waals surface area (Å²) in [6.07, 6.45) is 0.933. The third-order valence-electron chi connectivity index (χ3n) is 3.95. The van der Waals surface area contributed by atoms with E-state index < -0.39 is 0 Å². The number of likely N-dealkylation sites (N-methyl/N-ethyl adjacent to an activating group) is 1. The number of ether oxygens (including phenoxy) is 2. The number of nitrogens with one attached hydrogen (secondary N) is 1. The van der Waals surface area contributed by atoms with Gasteiger partial charge in [0.15, 0.2) is 0 Å². The van der Waals surface area contributed by atoms with E-state index in [1.165, 1.54) is 0 Å². The number of para-hydroxylation sites is 1. The molecule has 0 saturated carbocycles. The molecule has 1 unspecified atom stereocenters. The van der Waals surface area contributed by atoms with Gasteiger partial charge in [0.05, 0.1) is 23.1 Å². The van der Waals surface area contributed by atoms with Crippen LogP contribution in [0.15, 0.2) is 53.0 Å². The second-order valence-corrected chi connectivity index (χ2v) is 7.22. The van der Waals surface area contributed by atoms with Gasteiger partial charge >= 0.3 is 0 Å². The summed E-state index contributed by atoms with van der Waals surface area (Å²) in [7, 11) is 4.09. The molecule has 0 spiro atoms. The monoisotopic (exact) mass is 359 g/mol. The van der Waals surface area contributed by atoms with Gasteiger partial charge in [0.25, 0.3) is 0 Å². The van der Waals surface area contributed by atoms with Gasteiger partial charge in [-0.15, -0.1) is 0 Å². The molecule has 0 aromatic heterocycles. The average Bonchev–Trinajstić information content (AvgIpc) is 2.62. The van der Waals surface area contributed by atoms with Crippen molar-refractivity contribution < 1.29 is 9.47 Å². The van der Waals surface area contributed by atoms with Gasteiger partial charge in [-0.3, -0.25) is 5.43 Å². The van der Waals surface area contributed by atoms with Crippen LogP contribution in [0.3, 0.4) is 0 Å². The molecule has 1 aliphatic heterocycles. The molecule has 0 radical (unpaired) electrons. The maximum absolute atomic E-state index is 6.02. The third kappa shape index (κ3) is 4.96. The smallest absolute Gasteiger partial charge is 0.127 e. The van der Waals surface area contributed by atoms with Crippen molar-refractivity contribution in [2.75, 3.05) is 39.3 Å². The molecule has 2 aromatic carbocycles. The van der Waals surface area contributed by atoms with Gasteiger partial charge in [0.2, 0.25) is 0 Å². The molecule has 3 rings (SSSR count). The first-order chi connectivity index (χ1) is 12.2. The van der Waals surface area contributed by atoms with Gasteiger partial charge < -0.3 is 14.4 Å². The van der Waals surface area contributed by atoms with Crippen LogP contribution in [0.25, 0.3) is 0 Å². The van der Waals surface area contributed by atoms with Crippen LogP contribution in [0.5, 0.6) is 11.5 Å². The van der Waals surface area contributed by atoms with Crippen LogP contribution >= 0.6 is 0 Å². The Morgan fingerprint density at radius 3 is 2.84 bits per heavy atom. The highest BCUT2D eigenvalue weighted by atomic mass is 32.1. The lowest BCUT2D eigenvalue weighted by Crippen LogP contribution is -2.21. The van der Waals surface area contributed by atoms with Crippen molar-refractivity contribution in [2.45, 2.75) is 11.7 Å². The standard InChI is InChI=1S/C19H25N3O2S/c1-22(2)12-14-24-17-10-6-9-16-19(17)18(11-13-23-16)25-21-20-15-7-4-3-5-8-15/h3-10,18,20,25H,11-14H2,1-2H3. The van der Waals surface area contributed by atoms with Crippen molar-refractivity contribution in [2.24, 2.45) is 4.47 Å². The highest BCUT2D eigenvalue weighted by molar-refractivity contribution is 7.68. The van der Waals surface area contributed by atoms with E-state index in [-0.39, 0.29) is 5.25 Å². The van der Waals surface area contributed by atoms with Gasteiger partial charge in [-0.25, -0.2) is 0 Å². The molecule has 6 heteroatoms. The fourth-order valence-corrected chi connectivity index (χ4v) is 3.55. The minimum absolute atomic E-state index is 0.274. The van der Waals surface area contributed by atoms with Gasteiger partial charge in [0.1, 0.15) is 18.1 Å². The summed E-state index contributed by atoms with van der Waals surface area (Å²) in [6, 6.07) is 16.0. The summed E-state index contributed by atoms with van der Waals surface area (Å²) < 4.78 is 16.4. The predicted octanol–water partition coefficient (Wildman–Crippen LogP) is 3.48. The van der Waals surface area contributed by atoms with E-state index in [0.717, 1.165) is 47.3 Å². The van der Waals surface area contributed by atoms with Crippen LogP contribution < -0.4 is 14.9 Å². The molecular weight excluding hydrogens is 334 g/mol. The normalized spacial score (nSPS) is 16.8. The molecule has 0 amide bonds. The Morgan fingerprint density at radius 2 is 2.04 bits per heavy atom. The van der Waals surface area contributed by atoms with Crippen molar-refractivity contribution in [1.29, 1.82) is 0 Å². The highest BCUT2D eigenvalue weighted by Crippen LogP contribution is 2.40. The van der Waals surface area contributed by atoms with E-state index in [0.29, 0.717) is 13.2 Å². The number of rotatable bonds is 7. The van der Waals surface area contributed by atoms with E-state index in [1.807, 2.05) is 62.6 Å².